The van der Waals surface area contributed by atoms with E-state index < -0.39 is 5.41 Å². The van der Waals surface area contributed by atoms with Gasteiger partial charge in [-0.15, -0.1) is 0 Å². The van der Waals surface area contributed by atoms with Crippen LogP contribution in [0, 0.1) is 0 Å². The van der Waals surface area contributed by atoms with Crippen LogP contribution < -0.4 is 4.90 Å². The van der Waals surface area contributed by atoms with Gasteiger partial charge in [0.1, 0.15) is 0 Å². The summed E-state index contributed by atoms with van der Waals surface area (Å²) in [5.41, 5.74) is 21.5. The molecule has 312 valence electrons. The topological polar surface area (TPSA) is 8.17 Å². The summed E-state index contributed by atoms with van der Waals surface area (Å²) in [5.74, 6) is 0. The lowest BCUT2D eigenvalue weighted by Crippen LogP contribution is -2.32. The van der Waals surface area contributed by atoms with Gasteiger partial charge >= 0.3 is 0 Å². The van der Waals surface area contributed by atoms with Crippen LogP contribution in [0.3, 0.4) is 0 Å². The summed E-state index contributed by atoms with van der Waals surface area (Å²) in [6.07, 6.45) is 0. The van der Waals surface area contributed by atoms with Gasteiger partial charge in [0.25, 0.3) is 0 Å². The molecule has 0 amide bonds. The van der Waals surface area contributed by atoms with E-state index >= 15 is 0 Å². The molecule has 0 radical (unpaired) electrons. The standard InChI is InChI=1S/C65H42N2/c1-4-17-43(18-5-1)44-31-34-48(35-32-44)66(49-37-40-62-57(41-49)55-26-12-15-30-61(55)67(62)47-22-8-3-9-23-47)50-36-39-54-52-24-10-13-28-58(52)65(60(54)42-50)59-29-14-11-25-53(59)56-27-16-21-46-33-38-51(64(65)63(46)56)45-19-6-2-7-20-45/h1-42H. The summed E-state index contributed by atoms with van der Waals surface area (Å²) in [6.45, 7) is 0. The zero-order valence-electron chi connectivity index (χ0n) is 36.6. The minimum atomic E-state index is -0.618. The van der Waals surface area contributed by atoms with E-state index in [2.05, 4.69) is 264 Å². The molecule has 1 atom stereocenters. The highest BCUT2D eigenvalue weighted by molar-refractivity contribution is 6.12. The molecular weight excluding hydrogens is 809 g/mol. The van der Waals surface area contributed by atoms with Gasteiger partial charge in [0.05, 0.1) is 16.4 Å². The van der Waals surface area contributed by atoms with E-state index in [1.165, 1.54) is 99.3 Å². The van der Waals surface area contributed by atoms with Crippen molar-refractivity contribution < 1.29 is 0 Å². The highest BCUT2D eigenvalue weighted by Crippen LogP contribution is 2.64. The average Bonchev–Trinajstić information content (AvgIpc) is 3.89. The van der Waals surface area contributed by atoms with Crippen molar-refractivity contribution >= 4 is 49.6 Å². The Balaban J connectivity index is 1.06. The number of para-hydroxylation sites is 2. The average molecular weight is 851 g/mol. The summed E-state index contributed by atoms with van der Waals surface area (Å²) >= 11 is 0. The number of rotatable bonds is 6. The second-order valence-corrected chi connectivity index (χ2v) is 18.0. The largest absolute Gasteiger partial charge is 0.310 e. The molecule has 11 aromatic carbocycles. The van der Waals surface area contributed by atoms with E-state index in [1.54, 1.807) is 0 Å². The second-order valence-electron chi connectivity index (χ2n) is 18.0. The molecule has 0 saturated heterocycles. The number of nitrogens with zero attached hydrogens (tertiary/aromatic N) is 2. The minimum Gasteiger partial charge on any atom is -0.310 e. The summed E-state index contributed by atoms with van der Waals surface area (Å²) in [6, 6.07) is 94.5. The molecule has 0 fully saturated rings. The molecule has 2 aliphatic carbocycles. The van der Waals surface area contributed by atoms with Crippen LogP contribution in [0.25, 0.3) is 82.8 Å². The van der Waals surface area contributed by atoms with Gasteiger partial charge in [-0.05, 0) is 138 Å². The van der Waals surface area contributed by atoms with Crippen LogP contribution in [0.1, 0.15) is 22.3 Å². The van der Waals surface area contributed by atoms with Gasteiger partial charge in [-0.3, -0.25) is 0 Å². The van der Waals surface area contributed by atoms with Crippen molar-refractivity contribution in [3.63, 3.8) is 0 Å². The Kier molecular flexibility index (Phi) is 8.23. The van der Waals surface area contributed by atoms with E-state index in [9.17, 15) is 0 Å². The normalized spacial score (nSPS) is 14.3. The number of aromatic nitrogens is 1. The first kappa shape index (κ1) is 37.6. The molecule has 2 aliphatic rings. The molecule has 67 heavy (non-hydrogen) atoms. The van der Waals surface area contributed by atoms with Crippen LogP contribution in [-0.4, -0.2) is 4.57 Å². The van der Waals surface area contributed by atoms with Crippen molar-refractivity contribution in [2.45, 2.75) is 5.41 Å². The molecule has 0 bridgehead atoms. The number of fused-ring (bicyclic) bond motifs is 12. The molecule has 1 heterocycles. The van der Waals surface area contributed by atoms with Gasteiger partial charge in [-0.25, -0.2) is 0 Å². The molecular formula is C65H42N2. The third-order valence-electron chi connectivity index (χ3n) is 14.6. The van der Waals surface area contributed by atoms with Crippen LogP contribution in [0.5, 0.6) is 0 Å². The predicted octanol–water partition coefficient (Wildman–Crippen LogP) is 17.1. The van der Waals surface area contributed by atoms with Crippen molar-refractivity contribution in [2.75, 3.05) is 4.90 Å². The number of anilines is 3. The first-order valence-corrected chi connectivity index (χ1v) is 23.3. The minimum absolute atomic E-state index is 0.618. The van der Waals surface area contributed by atoms with Crippen LogP contribution in [0.4, 0.5) is 17.1 Å². The Morgan fingerprint density at radius 3 is 1.61 bits per heavy atom. The molecule has 2 nitrogen and oxygen atoms in total. The Bertz CT molecular complexity index is 3900. The highest BCUT2D eigenvalue weighted by Gasteiger charge is 2.51. The Labute approximate surface area is 389 Å². The van der Waals surface area contributed by atoms with Crippen molar-refractivity contribution in [1.82, 2.24) is 4.57 Å². The fourth-order valence-electron chi connectivity index (χ4n) is 11.8. The SMILES string of the molecule is c1ccc(-c2ccc(N(c3ccc4c(c3)C3(c5ccccc5-4)c4ccccc4-c4cccc5ccc(-c6ccccc6)c3c45)c3ccc4c(c3)c3ccccc3n4-c3ccccc3)cc2)cc1. The maximum Gasteiger partial charge on any atom is 0.0732 e. The van der Waals surface area contributed by atoms with E-state index in [4.69, 9.17) is 0 Å². The summed E-state index contributed by atoms with van der Waals surface area (Å²) in [4.78, 5) is 2.47. The zero-order valence-corrected chi connectivity index (χ0v) is 36.6. The van der Waals surface area contributed by atoms with E-state index in [-0.39, 0.29) is 0 Å². The molecule has 0 aliphatic heterocycles. The van der Waals surface area contributed by atoms with Crippen LogP contribution in [-0.2, 0) is 5.41 Å². The monoisotopic (exact) mass is 850 g/mol. The van der Waals surface area contributed by atoms with Crippen LogP contribution >= 0.6 is 0 Å². The smallest absolute Gasteiger partial charge is 0.0732 e. The van der Waals surface area contributed by atoms with Crippen molar-refractivity contribution in [1.29, 1.82) is 0 Å². The summed E-state index contributed by atoms with van der Waals surface area (Å²) in [7, 11) is 0. The lowest BCUT2D eigenvalue weighted by molar-refractivity contribution is 0.775. The first-order chi connectivity index (χ1) is 33.3. The van der Waals surface area contributed by atoms with Gasteiger partial charge in [-0.2, -0.15) is 0 Å². The molecule has 1 unspecified atom stereocenters. The lowest BCUT2D eigenvalue weighted by atomic mass is 9.60. The molecule has 1 spiro atoms. The molecule has 0 N–H and O–H groups in total. The third kappa shape index (κ3) is 5.45. The fraction of sp³-hybridized carbons (Fsp3) is 0.0154. The van der Waals surface area contributed by atoms with Gasteiger partial charge in [0.15, 0.2) is 0 Å². The Morgan fingerprint density at radius 2 is 0.851 bits per heavy atom. The van der Waals surface area contributed by atoms with Crippen LogP contribution in [0.15, 0.2) is 255 Å². The Hall–Kier alpha value is -8.72. The lowest BCUT2D eigenvalue weighted by Gasteiger charge is -2.41. The van der Waals surface area contributed by atoms with Crippen molar-refractivity contribution in [3.8, 4) is 50.2 Å². The maximum absolute atomic E-state index is 2.52. The summed E-state index contributed by atoms with van der Waals surface area (Å²) < 4.78 is 2.40. The van der Waals surface area contributed by atoms with Gasteiger partial charge in [-0.1, -0.05) is 194 Å². The van der Waals surface area contributed by atoms with Crippen LogP contribution in [0.2, 0.25) is 0 Å². The number of benzene rings is 11. The number of hydrogen-bond donors (Lipinski definition) is 0. The number of hydrogen-bond acceptors (Lipinski definition) is 1. The molecule has 1 aromatic heterocycles. The quantitative estimate of drug-likeness (QED) is 0.162. The van der Waals surface area contributed by atoms with E-state index in [0.29, 0.717) is 0 Å². The Morgan fingerprint density at radius 1 is 0.313 bits per heavy atom. The summed E-state index contributed by atoms with van der Waals surface area (Å²) in [5, 5.41) is 5.02. The zero-order chi connectivity index (χ0) is 44.1. The van der Waals surface area contributed by atoms with Gasteiger partial charge < -0.3 is 9.47 Å². The molecule has 2 heteroatoms. The van der Waals surface area contributed by atoms with E-state index in [0.717, 1.165) is 22.7 Å². The highest BCUT2D eigenvalue weighted by atomic mass is 15.1. The first-order valence-electron chi connectivity index (χ1n) is 23.3. The predicted molar refractivity (Wildman–Crippen MR) is 280 cm³/mol. The fourth-order valence-corrected chi connectivity index (χ4v) is 11.8. The van der Waals surface area contributed by atoms with Crippen molar-refractivity contribution in [2.24, 2.45) is 0 Å². The molecule has 14 rings (SSSR count). The van der Waals surface area contributed by atoms with Gasteiger partial charge in [0.2, 0.25) is 0 Å². The maximum atomic E-state index is 2.52. The molecule has 12 aromatic rings. The second kappa shape index (κ2) is 14.7. The third-order valence-corrected chi connectivity index (χ3v) is 14.6. The molecule has 0 saturated carbocycles. The van der Waals surface area contributed by atoms with E-state index in [1.807, 2.05) is 0 Å². The van der Waals surface area contributed by atoms with Gasteiger partial charge in [0, 0.05) is 33.5 Å². The van der Waals surface area contributed by atoms with Crippen molar-refractivity contribution in [3.05, 3.63) is 277 Å².